The van der Waals surface area contributed by atoms with Gasteiger partial charge in [0.05, 0.1) is 0 Å². The Hall–Kier alpha value is -1.80. The van der Waals surface area contributed by atoms with Crippen LogP contribution in [0, 0.1) is 0 Å². The zero-order chi connectivity index (χ0) is 11.6. The van der Waals surface area contributed by atoms with Crippen LogP contribution in [0.25, 0.3) is 0 Å². The Bertz CT molecular complexity index is 477. The van der Waals surface area contributed by atoms with Crippen molar-refractivity contribution >= 4 is 5.69 Å². The molecule has 0 saturated carbocycles. The Morgan fingerprint density at radius 1 is 0.938 bits per heavy atom. The SMILES string of the molecule is CC(O)(c1ccccc1)c1ccccc1N. The van der Waals surface area contributed by atoms with Crippen molar-refractivity contribution in [2.75, 3.05) is 5.73 Å². The minimum atomic E-state index is -1.05. The van der Waals surface area contributed by atoms with Gasteiger partial charge in [0, 0.05) is 11.3 Å². The Morgan fingerprint density at radius 3 is 2.12 bits per heavy atom. The first-order valence-electron chi connectivity index (χ1n) is 5.25. The van der Waals surface area contributed by atoms with Crippen LogP contribution in [0.1, 0.15) is 18.1 Å². The van der Waals surface area contributed by atoms with E-state index in [9.17, 15) is 5.11 Å². The molecule has 2 aromatic rings. The molecule has 2 rings (SSSR count). The van der Waals surface area contributed by atoms with Gasteiger partial charge < -0.3 is 10.8 Å². The fourth-order valence-corrected chi connectivity index (χ4v) is 1.86. The molecular weight excluding hydrogens is 198 g/mol. The number of hydrogen-bond donors (Lipinski definition) is 2. The third-order valence-electron chi connectivity index (χ3n) is 2.82. The smallest absolute Gasteiger partial charge is 0.114 e. The zero-order valence-corrected chi connectivity index (χ0v) is 9.22. The number of nitrogens with two attached hydrogens (primary N) is 1. The second-order valence-electron chi connectivity index (χ2n) is 4.03. The van der Waals surface area contributed by atoms with E-state index in [-0.39, 0.29) is 0 Å². The van der Waals surface area contributed by atoms with Crippen LogP contribution in [0.3, 0.4) is 0 Å². The highest BCUT2D eigenvalue weighted by atomic mass is 16.3. The minimum absolute atomic E-state index is 0.608. The molecule has 2 aromatic carbocycles. The third-order valence-corrected chi connectivity index (χ3v) is 2.82. The number of para-hydroxylation sites is 1. The van der Waals surface area contributed by atoms with Crippen molar-refractivity contribution in [3.05, 3.63) is 65.7 Å². The largest absolute Gasteiger partial charge is 0.398 e. The monoisotopic (exact) mass is 213 g/mol. The number of anilines is 1. The van der Waals surface area contributed by atoms with Gasteiger partial charge in [-0.1, -0.05) is 48.5 Å². The predicted octanol–water partition coefficient (Wildman–Crippen LogP) is 2.52. The summed E-state index contributed by atoms with van der Waals surface area (Å²) in [7, 11) is 0. The molecule has 2 heteroatoms. The highest BCUT2D eigenvalue weighted by Crippen LogP contribution is 2.32. The van der Waals surface area contributed by atoms with Gasteiger partial charge in [0.2, 0.25) is 0 Å². The molecule has 1 atom stereocenters. The summed E-state index contributed by atoms with van der Waals surface area (Å²) in [5.41, 5.74) is 7.02. The van der Waals surface area contributed by atoms with Crippen molar-refractivity contribution in [3.8, 4) is 0 Å². The van der Waals surface area contributed by atoms with E-state index < -0.39 is 5.60 Å². The van der Waals surface area contributed by atoms with Crippen molar-refractivity contribution in [1.82, 2.24) is 0 Å². The van der Waals surface area contributed by atoms with Gasteiger partial charge in [0.25, 0.3) is 0 Å². The lowest BCUT2D eigenvalue weighted by Crippen LogP contribution is -2.24. The van der Waals surface area contributed by atoms with Crippen LogP contribution in [0.4, 0.5) is 5.69 Å². The standard InChI is InChI=1S/C14H15NO/c1-14(16,11-7-3-2-4-8-11)12-9-5-6-10-13(12)15/h2-10,16H,15H2,1H3. The minimum Gasteiger partial charge on any atom is -0.398 e. The fraction of sp³-hybridized carbons (Fsp3) is 0.143. The molecule has 0 aliphatic heterocycles. The fourth-order valence-electron chi connectivity index (χ4n) is 1.86. The molecule has 0 aromatic heterocycles. The molecular formula is C14H15NO. The predicted molar refractivity (Wildman–Crippen MR) is 66.0 cm³/mol. The molecule has 0 heterocycles. The van der Waals surface area contributed by atoms with E-state index in [4.69, 9.17) is 5.73 Å². The second kappa shape index (κ2) is 3.99. The first kappa shape index (κ1) is 10.7. The van der Waals surface area contributed by atoms with Crippen LogP contribution in [0.5, 0.6) is 0 Å². The van der Waals surface area contributed by atoms with Gasteiger partial charge in [-0.2, -0.15) is 0 Å². The summed E-state index contributed by atoms with van der Waals surface area (Å²) in [5, 5.41) is 10.6. The molecule has 0 saturated heterocycles. The molecule has 3 N–H and O–H groups in total. The maximum Gasteiger partial charge on any atom is 0.114 e. The van der Waals surface area contributed by atoms with E-state index in [0.717, 1.165) is 11.1 Å². The van der Waals surface area contributed by atoms with Crippen molar-refractivity contribution in [2.45, 2.75) is 12.5 Å². The average molecular weight is 213 g/mol. The Labute approximate surface area is 95.4 Å². The maximum atomic E-state index is 10.6. The van der Waals surface area contributed by atoms with Crippen molar-refractivity contribution in [1.29, 1.82) is 0 Å². The van der Waals surface area contributed by atoms with E-state index in [1.165, 1.54) is 0 Å². The van der Waals surface area contributed by atoms with Crippen molar-refractivity contribution in [2.24, 2.45) is 0 Å². The Balaban J connectivity index is 2.51. The van der Waals surface area contributed by atoms with Crippen LogP contribution in [0.15, 0.2) is 54.6 Å². The highest BCUT2D eigenvalue weighted by molar-refractivity contribution is 5.52. The summed E-state index contributed by atoms with van der Waals surface area (Å²) in [6.07, 6.45) is 0. The normalized spacial score (nSPS) is 14.4. The molecule has 0 radical (unpaired) electrons. The number of hydrogen-bond acceptors (Lipinski definition) is 2. The maximum absolute atomic E-state index is 10.6. The summed E-state index contributed by atoms with van der Waals surface area (Å²) in [4.78, 5) is 0. The first-order chi connectivity index (χ1) is 7.62. The summed E-state index contributed by atoms with van der Waals surface area (Å²) < 4.78 is 0. The molecule has 0 aliphatic rings. The van der Waals surface area contributed by atoms with Gasteiger partial charge in [-0.25, -0.2) is 0 Å². The molecule has 1 unspecified atom stereocenters. The quantitative estimate of drug-likeness (QED) is 0.753. The van der Waals surface area contributed by atoms with Crippen LogP contribution in [-0.2, 0) is 5.60 Å². The number of benzene rings is 2. The van der Waals surface area contributed by atoms with E-state index >= 15 is 0 Å². The molecule has 2 nitrogen and oxygen atoms in total. The average Bonchev–Trinajstić information content (AvgIpc) is 2.30. The highest BCUT2D eigenvalue weighted by Gasteiger charge is 2.26. The van der Waals surface area contributed by atoms with Gasteiger partial charge in [0.1, 0.15) is 5.60 Å². The van der Waals surface area contributed by atoms with E-state index in [0.29, 0.717) is 5.69 Å². The lowest BCUT2D eigenvalue weighted by atomic mass is 9.87. The lowest BCUT2D eigenvalue weighted by Gasteiger charge is -2.25. The molecule has 0 spiro atoms. The number of aliphatic hydroxyl groups is 1. The van der Waals surface area contributed by atoms with E-state index in [1.807, 2.05) is 48.5 Å². The molecule has 0 aliphatic carbocycles. The van der Waals surface area contributed by atoms with Crippen LogP contribution < -0.4 is 5.73 Å². The summed E-state index contributed by atoms with van der Waals surface area (Å²) in [6, 6.07) is 16.9. The summed E-state index contributed by atoms with van der Waals surface area (Å²) in [5.74, 6) is 0. The van der Waals surface area contributed by atoms with Crippen LogP contribution in [0.2, 0.25) is 0 Å². The molecule has 0 amide bonds. The van der Waals surface area contributed by atoms with Gasteiger partial charge in [0.15, 0.2) is 0 Å². The number of rotatable bonds is 2. The molecule has 0 fully saturated rings. The zero-order valence-electron chi connectivity index (χ0n) is 9.22. The topological polar surface area (TPSA) is 46.2 Å². The second-order valence-corrected chi connectivity index (χ2v) is 4.03. The first-order valence-corrected chi connectivity index (χ1v) is 5.25. The third kappa shape index (κ3) is 1.79. The molecule has 0 bridgehead atoms. The summed E-state index contributed by atoms with van der Waals surface area (Å²) in [6.45, 7) is 1.76. The van der Waals surface area contributed by atoms with Gasteiger partial charge in [-0.05, 0) is 18.6 Å². The van der Waals surface area contributed by atoms with E-state index in [2.05, 4.69) is 0 Å². The molecule has 82 valence electrons. The molecule has 16 heavy (non-hydrogen) atoms. The van der Waals surface area contributed by atoms with Gasteiger partial charge in [-0.3, -0.25) is 0 Å². The Kier molecular flexibility index (Phi) is 2.67. The number of nitrogen functional groups attached to an aromatic ring is 1. The summed E-state index contributed by atoms with van der Waals surface area (Å²) >= 11 is 0. The van der Waals surface area contributed by atoms with Gasteiger partial charge in [-0.15, -0.1) is 0 Å². The van der Waals surface area contributed by atoms with Crippen LogP contribution >= 0.6 is 0 Å². The van der Waals surface area contributed by atoms with Crippen molar-refractivity contribution < 1.29 is 5.11 Å². The Morgan fingerprint density at radius 2 is 1.50 bits per heavy atom. The lowest BCUT2D eigenvalue weighted by molar-refractivity contribution is 0.103. The van der Waals surface area contributed by atoms with Crippen molar-refractivity contribution in [3.63, 3.8) is 0 Å². The van der Waals surface area contributed by atoms with Crippen LogP contribution in [-0.4, -0.2) is 5.11 Å². The van der Waals surface area contributed by atoms with E-state index in [1.54, 1.807) is 13.0 Å². The van der Waals surface area contributed by atoms with Gasteiger partial charge >= 0.3 is 0 Å².